The molecule has 25 heavy (non-hydrogen) atoms. The molecule has 0 spiro atoms. The third-order valence-electron chi connectivity index (χ3n) is 4.02. The van der Waals surface area contributed by atoms with Gasteiger partial charge in [0.2, 0.25) is 0 Å². The molecular weight excluding hydrogens is 320 g/mol. The Balaban J connectivity index is 1.91. The Morgan fingerprint density at radius 2 is 1.88 bits per heavy atom. The first kappa shape index (κ1) is 15.1. The maximum absolute atomic E-state index is 12.8. The molecule has 0 radical (unpaired) electrons. The fourth-order valence-corrected chi connectivity index (χ4v) is 2.66. The zero-order chi connectivity index (χ0) is 17.6. The highest BCUT2D eigenvalue weighted by atomic mass is 16.1. The van der Waals surface area contributed by atoms with Crippen LogP contribution in [0.25, 0.3) is 22.5 Å². The van der Waals surface area contributed by atoms with E-state index < -0.39 is 0 Å². The molecule has 124 valence electrons. The maximum Gasteiger partial charge on any atom is 0.285 e. The van der Waals surface area contributed by atoms with Crippen molar-refractivity contribution in [3.05, 3.63) is 58.3 Å². The zero-order valence-electron chi connectivity index (χ0n) is 13.7. The maximum atomic E-state index is 12.8. The van der Waals surface area contributed by atoms with Crippen molar-refractivity contribution in [3.8, 4) is 5.69 Å². The normalized spacial score (nSPS) is 11.3. The SMILES string of the molecule is CCc1nc2nnc3c(=O)n(-c4ccc(C(C)=O)cc4)ccc3n2n1. The minimum absolute atomic E-state index is 0.0245. The second kappa shape index (κ2) is 5.59. The number of hydrogen-bond donors (Lipinski definition) is 0. The van der Waals surface area contributed by atoms with E-state index in [9.17, 15) is 9.59 Å². The molecule has 0 amide bonds. The number of Topliss-reactive ketones (excluding diaryl/α,β-unsaturated/α-hetero) is 1. The van der Waals surface area contributed by atoms with Gasteiger partial charge in [-0.15, -0.1) is 15.3 Å². The molecule has 3 heterocycles. The Kier molecular flexibility index (Phi) is 3.38. The molecule has 8 nitrogen and oxygen atoms in total. The van der Waals surface area contributed by atoms with E-state index in [1.807, 2.05) is 6.92 Å². The van der Waals surface area contributed by atoms with Crippen LogP contribution < -0.4 is 5.56 Å². The first-order chi connectivity index (χ1) is 12.1. The second-order valence-corrected chi connectivity index (χ2v) is 5.62. The largest absolute Gasteiger partial charge is 0.295 e. The summed E-state index contributed by atoms with van der Waals surface area (Å²) >= 11 is 0. The molecule has 0 aliphatic carbocycles. The van der Waals surface area contributed by atoms with Gasteiger partial charge < -0.3 is 0 Å². The molecule has 8 heteroatoms. The predicted octanol–water partition coefficient (Wildman–Crippen LogP) is 1.59. The van der Waals surface area contributed by atoms with E-state index in [1.165, 1.54) is 16.0 Å². The third-order valence-corrected chi connectivity index (χ3v) is 4.02. The monoisotopic (exact) mass is 334 g/mol. The molecule has 0 aliphatic rings. The second-order valence-electron chi connectivity index (χ2n) is 5.62. The van der Waals surface area contributed by atoms with E-state index in [1.54, 1.807) is 36.5 Å². The number of aryl methyl sites for hydroxylation is 1. The average molecular weight is 334 g/mol. The standard InChI is InChI=1S/C17H14N6O2/c1-3-14-18-17-20-19-15-13(23(17)21-14)8-9-22(16(15)25)12-6-4-11(5-7-12)10(2)24/h4-9H,3H2,1-2H3. The van der Waals surface area contributed by atoms with Crippen molar-refractivity contribution >= 4 is 22.6 Å². The number of fused-ring (bicyclic) bond motifs is 3. The van der Waals surface area contributed by atoms with Crippen molar-refractivity contribution < 1.29 is 4.79 Å². The lowest BCUT2D eigenvalue weighted by molar-refractivity contribution is 0.101. The van der Waals surface area contributed by atoms with Crippen LogP contribution in [0.4, 0.5) is 0 Å². The molecule has 0 saturated heterocycles. The van der Waals surface area contributed by atoms with Gasteiger partial charge in [-0.2, -0.15) is 9.50 Å². The molecule has 1 aromatic carbocycles. The fraction of sp³-hybridized carbons (Fsp3) is 0.176. The highest BCUT2D eigenvalue weighted by Gasteiger charge is 2.13. The highest BCUT2D eigenvalue weighted by molar-refractivity contribution is 5.94. The summed E-state index contributed by atoms with van der Waals surface area (Å²) < 4.78 is 3.00. The summed E-state index contributed by atoms with van der Waals surface area (Å²) in [6.07, 6.45) is 2.33. The summed E-state index contributed by atoms with van der Waals surface area (Å²) in [6.45, 7) is 3.45. The molecule has 0 fully saturated rings. The Hall–Kier alpha value is -3.42. The highest BCUT2D eigenvalue weighted by Crippen LogP contribution is 2.12. The number of carbonyl (C=O) groups excluding carboxylic acids is 1. The summed E-state index contributed by atoms with van der Waals surface area (Å²) in [5.41, 5.74) is 1.69. The number of hydrogen-bond acceptors (Lipinski definition) is 6. The van der Waals surface area contributed by atoms with Crippen LogP contribution in [0.5, 0.6) is 0 Å². The van der Waals surface area contributed by atoms with Gasteiger partial charge in [-0.25, -0.2) is 0 Å². The summed E-state index contributed by atoms with van der Waals surface area (Å²) in [4.78, 5) is 28.4. The van der Waals surface area contributed by atoms with Crippen LogP contribution in [0.15, 0.2) is 41.3 Å². The summed E-state index contributed by atoms with van der Waals surface area (Å²) in [6, 6.07) is 8.58. The van der Waals surface area contributed by atoms with Gasteiger partial charge in [0.05, 0.1) is 0 Å². The Labute approximate surface area is 141 Å². The van der Waals surface area contributed by atoms with E-state index in [2.05, 4.69) is 20.3 Å². The van der Waals surface area contributed by atoms with Crippen LogP contribution in [0, 0.1) is 0 Å². The Bertz CT molecular complexity index is 1170. The minimum Gasteiger partial charge on any atom is -0.295 e. The first-order valence-corrected chi connectivity index (χ1v) is 7.83. The molecule has 4 aromatic rings. The van der Waals surface area contributed by atoms with E-state index in [0.29, 0.717) is 34.8 Å². The number of pyridine rings is 1. The van der Waals surface area contributed by atoms with Crippen LogP contribution in [0.2, 0.25) is 0 Å². The van der Waals surface area contributed by atoms with Crippen molar-refractivity contribution in [3.63, 3.8) is 0 Å². The lowest BCUT2D eigenvalue weighted by atomic mass is 10.1. The Morgan fingerprint density at radius 1 is 1.12 bits per heavy atom. The van der Waals surface area contributed by atoms with Crippen molar-refractivity contribution in [2.45, 2.75) is 20.3 Å². The zero-order valence-corrected chi connectivity index (χ0v) is 13.7. The van der Waals surface area contributed by atoms with Crippen molar-refractivity contribution in [1.29, 1.82) is 0 Å². The van der Waals surface area contributed by atoms with Crippen LogP contribution in [-0.2, 0) is 6.42 Å². The average Bonchev–Trinajstić information content (AvgIpc) is 3.06. The topological polar surface area (TPSA) is 95.0 Å². The predicted molar refractivity (Wildman–Crippen MR) is 91.1 cm³/mol. The lowest BCUT2D eigenvalue weighted by Gasteiger charge is -2.07. The summed E-state index contributed by atoms with van der Waals surface area (Å²) in [7, 11) is 0. The molecule has 0 unspecified atom stereocenters. The van der Waals surface area contributed by atoms with Gasteiger partial charge in [0.15, 0.2) is 17.1 Å². The van der Waals surface area contributed by atoms with Crippen molar-refractivity contribution in [2.75, 3.05) is 0 Å². The van der Waals surface area contributed by atoms with E-state index in [0.717, 1.165) is 0 Å². The number of aromatic nitrogens is 6. The van der Waals surface area contributed by atoms with Crippen LogP contribution in [0.3, 0.4) is 0 Å². The fourth-order valence-electron chi connectivity index (χ4n) is 2.66. The molecule has 0 saturated carbocycles. The molecule has 3 aromatic heterocycles. The summed E-state index contributed by atoms with van der Waals surface area (Å²) in [5.74, 6) is 0.988. The smallest absolute Gasteiger partial charge is 0.285 e. The molecule has 4 rings (SSSR count). The van der Waals surface area contributed by atoms with Gasteiger partial charge in [-0.05, 0) is 37.3 Å². The van der Waals surface area contributed by atoms with E-state index in [4.69, 9.17) is 0 Å². The van der Waals surface area contributed by atoms with Gasteiger partial charge in [0, 0.05) is 23.9 Å². The first-order valence-electron chi connectivity index (χ1n) is 7.83. The van der Waals surface area contributed by atoms with Crippen LogP contribution in [-0.4, -0.2) is 35.1 Å². The van der Waals surface area contributed by atoms with Crippen molar-refractivity contribution in [1.82, 2.24) is 29.4 Å². The van der Waals surface area contributed by atoms with Gasteiger partial charge in [-0.1, -0.05) is 6.92 Å². The number of nitrogens with zero attached hydrogens (tertiary/aromatic N) is 6. The van der Waals surface area contributed by atoms with Gasteiger partial charge in [0.1, 0.15) is 5.52 Å². The number of ketones is 1. The Morgan fingerprint density at radius 3 is 2.56 bits per heavy atom. The van der Waals surface area contributed by atoms with Gasteiger partial charge in [-0.3, -0.25) is 14.2 Å². The van der Waals surface area contributed by atoms with E-state index in [-0.39, 0.29) is 16.9 Å². The molecule has 0 atom stereocenters. The quantitative estimate of drug-likeness (QED) is 0.528. The third kappa shape index (κ3) is 2.38. The number of rotatable bonds is 3. The number of benzene rings is 1. The number of carbonyl (C=O) groups is 1. The van der Waals surface area contributed by atoms with Gasteiger partial charge >= 0.3 is 0 Å². The van der Waals surface area contributed by atoms with Crippen LogP contribution in [0.1, 0.15) is 30.0 Å². The van der Waals surface area contributed by atoms with E-state index >= 15 is 0 Å². The van der Waals surface area contributed by atoms with Crippen LogP contribution >= 0.6 is 0 Å². The summed E-state index contributed by atoms with van der Waals surface area (Å²) in [5, 5.41) is 12.4. The van der Waals surface area contributed by atoms with Gasteiger partial charge in [0.25, 0.3) is 11.3 Å². The molecule has 0 N–H and O–H groups in total. The lowest BCUT2D eigenvalue weighted by Crippen LogP contribution is -2.20. The molecule has 0 aliphatic heterocycles. The van der Waals surface area contributed by atoms with Crippen molar-refractivity contribution in [2.24, 2.45) is 0 Å². The molecule has 0 bridgehead atoms. The minimum atomic E-state index is -0.309. The molecular formula is C17H14N6O2.